The van der Waals surface area contributed by atoms with Crippen LogP contribution in [0.3, 0.4) is 0 Å². The fourth-order valence-corrected chi connectivity index (χ4v) is 3.74. The third-order valence-electron chi connectivity index (χ3n) is 5.17. The van der Waals surface area contributed by atoms with Crippen LogP contribution in [0.1, 0.15) is 51.0 Å². The summed E-state index contributed by atoms with van der Waals surface area (Å²) in [6.07, 6.45) is 11.7. The first-order chi connectivity index (χ1) is 10.4. The van der Waals surface area contributed by atoms with Gasteiger partial charge in [0.25, 0.3) is 0 Å². The fourth-order valence-electron chi connectivity index (χ4n) is 3.74. The van der Waals surface area contributed by atoms with Crippen LogP contribution in [0, 0.1) is 5.92 Å². The summed E-state index contributed by atoms with van der Waals surface area (Å²) < 4.78 is 0. The Hall–Kier alpha value is -1.28. The molecule has 3 rings (SSSR count). The van der Waals surface area contributed by atoms with Gasteiger partial charge in [-0.2, -0.15) is 0 Å². The number of hydrogen-bond donors (Lipinski definition) is 2. The van der Waals surface area contributed by atoms with Gasteiger partial charge in [-0.1, -0.05) is 44.4 Å². The molecular weight excluding hydrogens is 256 g/mol. The van der Waals surface area contributed by atoms with Gasteiger partial charge in [0.15, 0.2) is 0 Å². The molecule has 2 heteroatoms. The summed E-state index contributed by atoms with van der Waals surface area (Å²) in [4.78, 5) is 3.37. The van der Waals surface area contributed by atoms with E-state index >= 15 is 0 Å². The zero-order valence-electron chi connectivity index (χ0n) is 13.2. The molecule has 0 aliphatic heterocycles. The molecule has 2 unspecified atom stereocenters. The molecule has 1 aliphatic rings. The van der Waals surface area contributed by atoms with E-state index in [-0.39, 0.29) is 0 Å². The van der Waals surface area contributed by atoms with Gasteiger partial charge in [-0.25, -0.2) is 0 Å². The molecule has 2 nitrogen and oxygen atoms in total. The summed E-state index contributed by atoms with van der Waals surface area (Å²) in [7, 11) is 0. The van der Waals surface area contributed by atoms with Crippen molar-refractivity contribution >= 4 is 10.9 Å². The number of H-pyrrole nitrogens is 1. The highest BCUT2D eigenvalue weighted by Gasteiger charge is 2.17. The van der Waals surface area contributed by atoms with Crippen molar-refractivity contribution in [2.75, 3.05) is 6.54 Å². The monoisotopic (exact) mass is 284 g/mol. The van der Waals surface area contributed by atoms with Gasteiger partial charge < -0.3 is 10.3 Å². The molecule has 21 heavy (non-hydrogen) atoms. The number of aromatic nitrogens is 1. The predicted molar refractivity (Wildman–Crippen MR) is 90.7 cm³/mol. The van der Waals surface area contributed by atoms with E-state index in [9.17, 15) is 0 Å². The second kappa shape index (κ2) is 7.13. The lowest BCUT2D eigenvalue weighted by atomic mass is 9.98. The van der Waals surface area contributed by atoms with Gasteiger partial charge in [-0.15, -0.1) is 0 Å². The summed E-state index contributed by atoms with van der Waals surface area (Å²) >= 11 is 0. The molecule has 0 saturated heterocycles. The van der Waals surface area contributed by atoms with Gasteiger partial charge in [0.2, 0.25) is 0 Å². The second-order valence-electron chi connectivity index (χ2n) is 6.54. The Morgan fingerprint density at radius 3 is 2.95 bits per heavy atom. The molecule has 0 radical (unpaired) electrons. The Morgan fingerprint density at radius 2 is 2.05 bits per heavy atom. The van der Waals surface area contributed by atoms with E-state index in [1.807, 2.05) is 0 Å². The third kappa shape index (κ3) is 3.68. The molecule has 1 aromatic carbocycles. The molecule has 1 saturated carbocycles. The van der Waals surface area contributed by atoms with Crippen LogP contribution in [0.2, 0.25) is 0 Å². The minimum atomic E-state index is 0.742. The smallest absolute Gasteiger partial charge is 0.0456 e. The summed E-state index contributed by atoms with van der Waals surface area (Å²) in [5.41, 5.74) is 2.70. The van der Waals surface area contributed by atoms with Gasteiger partial charge in [-0.3, -0.25) is 0 Å². The number of benzene rings is 1. The molecule has 0 bridgehead atoms. The first-order valence-corrected chi connectivity index (χ1v) is 8.65. The van der Waals surface area contributed by atoms with Gasteiger partial charge >= 0.3 is 0 Å². The standard InChI is InChI=1S/C19H28N2/c1-2-15-6-5-7-17(11-10-15)20-13-12-16-14-21-19-9-4-3-8-18(16)19/h3-4,8-9,14-15,17,20-21H,2,5-7,10-13H2,1H3. The number of para-hydroxylation sites is 1. The average Bonchev–Trinajstić information content (AvgIpc) is 2.78. The first kappa shape index (κ1) is 14.6. The van der Waals surface area contributed by atoms with E-state index in [4.69, 9.17) is 0 Å². The zero-order valence-corrected chi connectivity index (χ0v) is 13.2. The largest absolute Gasteiger partial charge is 0.361 e. The SMILES string of the molecule is CCC1CCCC(NCCc2c[nH]c3ccccc23)CC1. The molecule has 1 aromatic heterocycles. The van der Waals surface area contributed by atoms with Crippen LogP contribution in [0.4, 0.5) is 0 Å². The molecule has 1 fully saturated rings. The maximum atomic E-state index is 3.80. The second-order valence-corrected chi connectivity index (χ2v) is 6.54. The zero-order chi connectivity index (χ0) is 14.5. The Labute approximate surface area is 128 Å². The van der Waals surface area contributed by atoms with E-state index < -0.39 is 0 Å². The van der Waals surface area contributed by atoms with Crippen molar-refractivity contribution in [1.82, 2.24) is 10.3 Å². The van der Waals surface area contributed by atoms with Gasteiger partial charge in [0, 0.05) is 23.1 Å². The Morgan fingerprint density at radius 1 is 1.14 bits per heavy atom. The lowest BCUT2D eigenvalue weighted by Crippen LogP contribution is -2.30. The molecule has 2 N–H and O–H groups in total. The van der Waals surface area contributed by atoms with Crippen LogP contribution < -0.4 is 5.32 Å². The molecule has 1 aliphatic carbocycles. The minimum Gasteiger partial charge on any atom is -0.361 e. The van der Waals surface area contributed by atoms with Crippen molar-refractivity contribution in [1.29, 1.82) is 0 Å². The van der Waals surface area contributed by atoms with Crippen LogP contribution in [0.25, 0.3) is 10.9 Å². The van der Waals surface area contributed by atoms with Crippen molar-refractivity contribution < 1.29 is 0 Å². The highest BCUT2D eigenvalue weighted by atomic mass is 14.9. The van der Waals surface area contributed by atoms with Crippen molar-refractivity contribution in [2.45, 2.75) is 57.9 Å². The lowest BCUT2D eigenvalue weighted by Gasteiger charge is -2.16. The quantitative estimate of drug-likeness (QED) is 0.768. The maximum Gasteiger partial charge on any atom is 0.0456 e. The highest BCUT2D eigenvalue weighted by molar-refractivity contribution is 5.83. The van der Waals surface area contributed by atoms with Crippen LogP contribution in [-0.4, -0.2) is 17.6 Å². The van der Waals surface area contributed by atoms with Crippen LogP contribution in [0.5, 0.6) is 0 Å². The van der Waals surface area contributed by atoms with Crippen LogP contribution in [0.15, 0.2) is 30.5 Å². The highest BCUT2D eigenvalue weighted by Crippen LogP contribution is 2.25. The number of fused-ring (bicyclic) bond motifs is 1. The van der Waals surface area contributed by atoms with Crippen molar-refractivity contribution in [3.63, 3.8) is 0 Å². The number of rotatable bonds is 5. The molecule has 2 atom stereocenters. The van der Waals surface area contributed by atoms with Crippen LogP contribution in [-0.2, 0) is 6.42 Å². The summed E-state index contributed by atoms with van der Waals surface area (Å²) in [5, 5.41) is 5.18. The van der Waals surface area contributed by atoms with E-state index in [0.717, 1.165) is 24.9 Å². The molecule has 1 heterocycles. The first-order valence-electron chi connectivity index (χ1n) is 8.65. The topological polar surface area (TPSA) is 27.8 Å². The predicted octanol–water partition coefficient (Wildman–Crippen LogP) is 4.66. The maximum absolute atomic E-state index is 3.80. The van der Waals surface area contributed by atoms with Gasteiger partial charge in [0.05, 0.1) is 0 Å². The number of aromatic amines is 1. The molecule has 0 spiro atoms. The summed E-state index contributed by atoms with van der Waals surface area (Å²) in [6, 6.07) is 9.34. The van der Waals surface area contributed by atoms with E-state index in [2.05, 4.69) is 47.7 Å². The lowest BCUT2D eigenvalue weighted by molar-refractivity contribution is 0.427. The fraction of sp³-hybridized carbons (Fsp3) is 0.579. The average molecular weight is 284 g/mol. The number of nitrogens with one attached hydrogen (secondary N) is 2. The Bertz CT molecular complexity index is 557. The van der Waals surface area contributed by atoms with Crippen molar-refractivity contribution in [3.05, 3.63) is 36.0 Å². The molecule has 114 valence electrons. The van der Waals surface area contributed by atoms with Crippen molar-refractivity contribution in [2.24, 2.45) is 5.92 Å². The van der Waals surface area contributed by atoms with Gasteiger partial charge in [0.1, 0.15) is 0 Å². The number of hydrogen-bond acceptors (Lipinski definition) is 1. The normalized spacial score (nSPS) is 23.3. The van der Waals surface area contributed by atoms with E-state index in [1.54, 1.807) is 0 Å². The molecule has 2 aromatic rings. The van der Waals surface area contributed by atoms with Crippen molar-refractivity contribution in [3.8, 4) is 0 Å². The molecule has 0 amide bonds. The van der Waals surface area contributed by atoms with E-state index in [1.165, 1.54) is 55.0 Å². The summed E-state index contributed by atoms with van der Waals surface area (Å²) in [5.74, 6) is 0.977. The van der Waals surface area contributed by atoms with E-state index in [0.29, 0.717) is 0 Å². The Balaban J connectivity index is 1.49. The minimum absolute atomic E-state index is 0.742. The van der Waals surface area contributed by atoms with Crippen LogP contribution >= 0.6 is 0 Å². The summed E-state index contributed by atoms with van der Waals surface area (Å²) in [6.45, 7) is 3.44. The molecular formula is C19H28N2. The third-order valence-corrected chi connectivity index (χ3v) is 5.17. The van der Waals surface area contributed by atoms with Gasteiger partial charge in [-0.05, 0) is 49.8 Å². The Kier molecular flexibility index (Phi) is 4.97.